The third-order valence-electron chi connectivity index (χ3n) is 3.08. The van der Waals surface area contributed by atoms with E-state index in [9.17, 15) is 4.39 Å². The second-order valence-electron chi connectivity index (χ2n) is 4.14. The summed E-state index contributed by atoms with van der Waals surface area (Å²) in [6.45, 7) is 3.89. The molecular weight excluding hydrogens is 207 g/mol. The van der Waals surface area contributed by atoms with Gasteiger partial charge in [0.1, 0.15) is 5.82 Å². The van der Waals surface area contributed by atoms with Crippen molar-refractivity contribution in [2.45, 2.75) is 25.8 Å². The molecule has 1 N–H and O–H groups in total. The van der Waals surface area contributed by atoms with Crippen LogP contribution in [-0.2, 0) is 0 Å². The monoisotopic (exact) mass is 224 g/mol. The highest BCUT2D eigenvalue weighted by molar-refractivity contribution is 5.10. The van der Waals surface area contributed by atoms with Crippen LogP contribution in [0.25, 0.3) is 0 Å². The molecule has 0 amide bonds. The van der Waals surface area contributed by atoms with Gasteiger partial charge in [-0.2, -0.15) is 0 Å². The average Bonchev–Trinajstić information content (AvgIpc) is 2.76. The molecule has 1 unspecified atom stereocenters. The van der Waals surface area contributed by atoms with Gasteiger partial charge < -0.3 is 10.1 Å². The average molecular weight is 224 g/mol. The van der Waals surface area contributed by atoms with Gasteiger partial charge in [0, 0.05) is 18.0 Å². The van der Waals surface area contributed by atoms with Gasteiger partial charge >= 0.3 is 0 Å². The van der Waals surface area contributed by atoms with Crippen LogP contribution < -0.4 is 10.1 Å². The number of rotatable bonds is 4. The first-order valence-electron chi connectivity index (χ1n) is 5.77. The Morgan fingerprint density at radius 2 is 2.44 bits per heavy atom. The van der Waals surface area contributed by atoms with Crippen LogP contribution in [0.3, 0.4) is 0 Å². The maximum absolute atomic E-state index is 12.6. The van der Waals surface area contributed by atoms with E-state index in [1.54, 1.807) is 6.07 Å². The number of hydrogen-bond acceptors (Lipinski definition) is 3. The van der Waals surface area contributed by atoms with Crippen LogP contribution in [0, 0.1) is 11.7 Å². The maximum Gasteiger partial charge on any atom is 0.213 e. The first-order valence-corrected chi connectivity index (χ1v) is 5.77. The van der Waals surface area contributed by atoms with Crippen molar-refractivity contribution < 1.29 is 9.13 Å². The van der Waals surface area contributed by atoms with Gasteiger partial charge in [-0.1, -0.05) is 6.92 Å². The van der Waals surface area contributed by atoms with E-state index < -0.39 is 0 Å². The SMILES string of the molecule is CCC1NCC[C@@H]1COc1ccc(F)cn1. The number of halogens is 1. The molecule has 88 valence electrons. The lowest BCUT2D eigenvalue weighted by Crippen LogP contribution is -2.29. The highest BCUT2D eigenvalue weighted by atomic mass is 19.1. The van der Waals surface area contributed by atoms with Crippen LogP contribution in [0.2, 0.25) is 0 Å². The van der Waals surface area contributed by atoms with Crippen molar-refractivity contribution >= 4 is 0 Å². The van der Waals surface area contributed by atoms with Crippen molar-refractivity contribution in [2.24, 2.45) is 5.92 Å². The Morgan fingerprint density at radius 1 is 1.56 bits per heavy atom. The summed E-state index contributed by atoms with van der Waals surface area (Å²) in [5.74, 6) is 0.710. The summed E-state index contributed by atoms with van der Waals surface area (Å²) in [6.07, 6.45) is 3.43. The van der Waals surface area contributed by atoms with E-state index in [-0.39, 0.29) is 5.82 Å². The van der Waals surface area contributed by atoms with Crippen LogP contribution in [0.4, 0.5) is 4.39 Å². The molecule has 1 saturated heterocycles. The smallest absolute Gasteiger partial charge is 0.213 e. The van der Waals surface area contributed by atoms with E-state index >= 15 is 0 Å². The number of nitrogens with one attached hydrogen (secondary N) is 1. The van der Waals surface area contributed by atoms with Gasteiger partial charge in [-0.3, -0.25) is 0 Å². The fourth-order valence-electron chi connectivity index (χ4n) is 2.14. The fourth-order valence-corrected chi connectivity index (χ4v) is 2.14. The molecule has 1 aliphatic heterocycles. The lowest BCUT2D eigenvalue weighted by molar-refractivity contribution is 0.225. The van der Waals surface area contributed by atoms with Crippen LogP contribution in [0.1, 0.15) is 19.8 Å². The molecule has 1 fully saturated rings. The minimum atomic E-state index is -0.332. The largest absolute Gasteiger partial charge is 0.477 e. The minimum Gasteiger partial charge on any atom is -0.477 e. The number of nitrogens with zero attached hydrogens (tertiary/aromatic N) is 1. The third-order valence-corrected chi connectivity index (χ3v) is 3.08. The van der Waals surface area contributed by atoms with Crippen molar-refractivity contribution in [1.82, 2.24) is 10.3 Å². The van der Waals surface area contributed by atoms with Gasteiger partial charge in [-0.05, 0) is 25.5 Å². The van der Waals surface area contributed by atoms with Gasteiger partial charge in [0.05, 0.1) is 12.8 Å². The zero-order valence-electron chi connectivity index (χ0n) is 9.45. The van der Waals surface area contributed by atoms with Crippen LogP contribution in [-0.4, -0.2) is 24.2 Å². The van der Waals surface area contributed by atoms with Crippen molar-refractivity contribution in [3.8, 4) is 5.88 Å². The highest BCUT2D eigenvalue weighted by Gasteiger charge is 2.25. The molecule has 0 aliphatic carbocycles. The Hall–Kier alpha value is -1.16. The number of pyridine rings is 1. The lowest BCUT2D eigenvalue weighted by atomic mass is 10.00. The second-order valence-corrected chi connectivity index (χ2v) is 4.14. The molecule has 1 aromatic heterocycles. The predicted octanol–water partition coefficient (Wildman–Crippen LogP) is 1.99. The molecule has 0 aromatic carbocycles. The van der Waals surface area contributed by atoms with E-state index in [4.69, 9.17) is 4.74 Å². The summed E-state index contributed by atoms with van der Waals surface area (Å²) in [6, 6.07) is 3.48. The minimum absolute atomic E-state index is 0.332. The van der Waals surface area contributed by atoms with Gasteiger partial charge in [0.25, 0.3) is 0 Å². The zero-order valence-corrected chi connectivity index (χ0v) is 9.45. The van der Waals surface area contributed by atoms with Gasteiger partial charge in [0.2, 0.25) is 5.88 Å². The lowest BCUT2D eigenvalue weighted by Gasteiger charge is -2.17. The molecule has 2 heterocycles. The molecule has 2 atom stereocenters. The molecule has 2 rings (SSSR count). The van der Waals surface area contributed by atoms with Crippen molar-refractivity contribution in [3.05, 3.63) is 24.1 Å². The fraction of sp³-hybridized carbons (Fsp3) is 0.583. The normalized spacial score (nSPS) is 24.6. The van der Waals surface area contributed by atoms with Crippen molar-refractivity contribution in [2.75, 3.05) is 13.2 Å². The molecule has 4 heteroatoms. The number of hydrogen-bond donors (Lipinski definition) is 1. The summed E-state index contributed by atoms with van der Waals surface area (Å²) in [5.41, 5.74) is 0. The molecule has 1 aromatic rings. The molecule has 3 nitrogen and oxygen atoms in total. The summed E-state index contributed by atoms with van der Waals surface area (Å²) in [7, 11) is 0. The molecule has 16 heavy (non-hydrogen) atoms. The van der Waals surface area contributed by atoms with E-state index in [0.29, 0.717) is 24.4 Å². The quantitative estimate of drug-likeness (QED) is 0.849. The number of aromatic nitrogens is 1. The Labute approximate surface area is 95.0 Å². The Balaban J connectivity index is 1.85. The predicted molar refractivity (Wildman–Crippen MR) is 59.9 cm³/mol. The first kappa shape index (κ1) is 11.3. The molecular formula is C12H17FN2O. The van der Waals surface area contributed by atoms with Crippen LogP contribution in [0.15, 0.2) is 18.3 Å². The zero-order chi connectivity index (χ0) is 11.4. The summed E-state index contributed by atoms with van der Waals surface area (Å²) in [4.78, 5) is 3.87. The van der Waals surface area contributed by atoms with Gasteiger partial charge in [-0.25, -0.2) is 9.37 Å². The Kier molecular flexibility index (Phi) is 3.72. The Bertz CT molecular complexity index is 328. The standard InChI is InChI=1S/C12H17FN2O/c1-2-11-9(5-6-14-11)8-16-12-4-3-10(13)7-15-12/h3-4,7,9,11,14H,2,5-6,8H2,1H3/t9-,11?/m1/s1. The van der Waals surface area contributed by atoms with E-state index in [1.807, 2.05) is 0 Å². The molecule has 0 bridgehead atoms. The van der Waals surface area contributed by atoms with Gasteiger partial charge in [-0.15, -0.1) is 0 Å². The van der Waals surface area contributed by atoms with Crippen molar-refractivity contribution in [3.63, 3.8) is 0 Å². The summed E-state index contributed by atoms with van der Waals surface area (Å²) < 4.78 is 18.2. The van der Waals surface area contributed by atoms with Crippen LogP contribution >= 0.6 is 0 Å². The van der Waals surface area contributed by atoms with Crippen LogP contribution in [0.5, 0.6) is 5.88 Å². The second kappa shape index (κ2) is 5.25. The molecule has 0 spiro atoms. The van der Waals surface area contributed by atoms with Crippen molar-refractivity contribution in [1.29, 1.82) is 0 Å². The van der Waals surface area contributed by atoms with E-state index in [1.165, 1.54) is 12.3 Å². The summed E-state index contributed by atoms with van der Waals surface area (Å²) >= 11 is 0. The number of ether oxygens (including phenoxy) is 1. The third kappa shape index (κ3) is 2.70. The Morgan fingerprint density at radius 3 is 3.12 bits per heavy atom. The maximum atomic E-state index is 12.6. The summed E-state index contributed by atoms with van der Waals surface area (Å²) in [5, 5.41) is 3.44. The first-order chi connectivity index (χ1) is 7.79. The molecule has 0 saturated carbocycles. The van der Waals surface area contributed by atoms with Gasteiger partial charge in [0.15, 0.2) is 0 Å². The molecule has 0 radical (unpaired) electrons. The topological polar surface area (TPSA) is 34.1 Å². The molecule has 1 aliphatic rings. The highest BCUT2D eigenvalue weighted by Crippen LogP contribution is 2.19. The van der Waals surface area contributed by atoms with E-state index in [0.717, 1.165) is 19.4 Å². The van der Waals surface area contributed by atoms with E-state index in [2.05, 4.69) is 17.2 Å².